The highest BCUT2D eigenvalue weighted by atomic mass is 16.5. The summed E-state index contributed by atoms with van der Waals surface area (Å²) in [5.41, 5.74) is -0.916. The van der Waals surface area contributed by atoms with Crippen LogP contribution in [0.4, 0.5) is 0 Å². The molecule has 1 rings (SSSR count). The molecule has 1 unspecified atom stereocenters. The van der Waals surface area contributed by atoms with Crippen molar-refractivity contribution < 1.29 is 14.3 Å². The molecule has 1 saturated heterocycles. The Labute approximate surface area is 95.7 Å². The molecule has 1 heterocycles. The molecule has 16 heavy (non-hydrogen) atoms. The van der Waals surface area contributed by atoms with Gasteiger partial charge in [0.15, 0.2) is 0 Å². The highest BCUT2D eigenvalue weighted by Crippen LogP contribution is 2.29. The molecule has 0 aliphatic carbocycles. The van der Waals surface area contributed by atoms with Crippen LogP contribution in [0.1, 0.15) is 19.8 Å². The molecule has 5 nitrogen and oxygen atoms in total. The fourth-order valence-electron chi connectivity index (χ4n) is 1.76. The molecule has 1 amide bonds. The van der Waals surface area contributed by atoms with Crippen LogP contribution in [-0.4, -0.2) is 38.9 Å². The lowest BCUT2D eigenvalue weighted by Gasteiger charge is -2.30. The maximum atomic E-state index is 12.0. The van der Waals surface area contributed by atoms with Gasteiger partial charge in [0.1, 0.15) is 5.41 Å². The standard InChI is InChI=1S/C11H18N2O3/c1-9(7-15-2)13-10(14)11(8-12)3-5-16-6-4-11/h9H,3-7H2,1-2H3,(H,13,14). The van der Waals surface area contributed by atoms with E-state index in [2.05, 4.69) is 11.4 Å². The normalized spacial score (nSPS) is 20.8. The number of carbonyl (C=O) groups is 1. The summed E-state index contributed by atoms with van der Waals surface area (Å²) in [7, 11) is 1.58. The molecule has 0 radical (unpaired) electrons. The van der Waals surface area contributed by atoms with E-state index >= 15 is 0 Å². The van der Waals surface area contributed by atoms with E-state index in [0.29, 0.717) is 32.7 Å². The van der Waals surface area contributed by atoms with Crippen molar-refractivity contribution >= 4 is 5.91 Å². The minimum absolute atomic E-state index is 0.0782. The second kappa shape index (κ2) is 5.83. The van der Waals surface area contributed by atoms with E-state index in [1.54, 1.807) is 7.11 Å². The van der Waals surface area contributed by atoms with Crippen molar-refractivity contribution in [3.8, 4) is 6.07 Å². The van der Waals surface area contributed by atoms with Crippen LogP contribution < -0.4 is 5.32 Å². The Bertz CT molecular complexity index is 279. The van der Waals surface area contributed by atoms with Crippen LogP contribution in [0, 0.1) is 16.7 Å². The fourth-order valence-corrected chi connectivity index (χ4v) is 1.76. The summed E-state index contributed by atoms with van der Waals surface area (Å²) >= 11 is 0. The van der Waals surface area contributed by atoms with Gasteiger partial charge in [-0.2, -0.15) is 5.26 Å². The zero-order chi connectivity index (χ0) is 12.0. The van der Waals surface area contributed by atoms with Gasteiger partial charge in [-0.15, -0.1) is 0 Å². The molecule has 1 atom stereocenters. The number of nitrogens with zero attached hydrogens (tertiary/aromatic N) is 1. The first-order valence-electron chi connectivity index (χ1n) is 5.43. The van der Waals surface area contributed by atoms with Crippen LogP contribution in [0.2, 0.25) is 0 Å². The number of ether oxygens (including phenoxy) is 2. The van der Waals surface area contributed by atoms with E-state index in [4.69, 9.17) is 14.7 Å². The van der Waals surface area contributed by atoms with Gasteiger partial charge in [0.05, 0.1) is 12.7 Å². The van der Waals surface area contributed by atoms with E-state index < -0.39 is 5.41 Å². The SMILES string of the molecule is COCC(C)NC(=O)C1(C#N)CCOCC1. The van der Waals surface area contributed by atoms with Crippen molar-refractivity contribution in [2.75, 3.05) is 26.9 Å². The lowest BCUT2D eigenvalue weighted by Crippen LogP contribution is -2.47. The number of hydrogen-bond acceptors (Lipinski definition) is 4. The van der Waals surface area contributed by atoms with Crippen molar-refractivity contribution in [3.05, 3.63) is 0 Å². The van der Waals surface area contributed by atoms with Gasteiger partial charge in [-0.25, -0.2) is 0 Å². The van der Waals surface area contributed by atoms with Gasteiger partial charge >= 0.3 is 0 Å². The number of hydrogen-bond donors (Lipinski definition) is 1. The van der Waals surface area contributed by atoms with E-state index in [-0.39, 0.29) is 11.9 Å². The van der Waals surface area contributed by atoms with E-state index in [9.17, 15) is 4.79 Å². The molecule has 1 N–H and O–H groups in total. The zero-order valence-corrected chi connectivity index (χ0v) is 9.78. The smallest absolute Gasteiger partial charge is 0.240 e. The third kappa shape index (κ3) is 2.94. The second-order valence-electron chi connectivity index (χ2n) is 4.14. The topological polar surface area (TPSA) is 71.3 Å². The Morgan fingerprint density at radius 3 is 2.75 bits per heavy atom. The van der Waals surface area contributed by atoms with Crippen molar-refractivity contribution in [2.24, 2.45) is 5.41 Å². The van der Waals surface area contributed by atoms with Crippen LogP contribution in [0.25, 0.3) is 0 Å². The van der Waals surface area contributed by atoms with Crippen molar-refractivity contribution in [3.63, 3.8) is 0 Å². The van der Waals surface area contributed by atoms with Crippen LogP contribution in [-0.2, 0) is 14.3 Å². The van der Waals surface area contributed by atoms with Crippen LogP contribution in [0.15, 0.2) is 0 Å². The number of rotatable bonds is 4. The quantitative estimate of drug-likeness (QED) is 0.756. The summed E-state index contributed by atoms with van der Waals surface area (Å²) in [4.78, 5) is 12.0. The average molecular weight is 226 g/mol. The van der Waals surface area contributed by atoms with Gasteiger partial charge in [0.25, 0.3) is 0 Å². The summed E-state index contributed by atoms with van der Waals surface area (Å²) < 4.78 is 10.1. The molecule has 0 aromatic heterocycles. The number of carbonyl (C=O) groups excluding carboxylic acids is 1. The first kappa shape index (κ1) is 12.9. The summed E-state index contributed by atoms with van der Waals surface area (Å²) in [5.74, 6) is -0.206. The number of nitrogens with one attached hydrogen (secondary N) is 1. The molecule has 1 aliphatic heterocycles. The third-order valence-electron chi connectivity index (χ3n) is 2.79. The number of amides is 1. The Balaban J connectivity index is 2.59. The molecular formula is C11H18N2O3. The lowest BCUT2D eigenvalue weighted by molar-refractivity contribution is -0.133. The van der Waals surface area contributed by atoms with E-state index in [1.165, 1.54) is 0 Å². The minimum atomic E-state index is -0.916. The molecule has 0 aromatic rings. The molecule has 1 fully saturated rings. The van der Waals surface area contributed by atoms with Gasteiger partial charge in [0, 0.05) is 26.4 Å². The lowest BCUT2D eigenvalue weighted by atomic mass is 9.80. The van der Waals surface area contributed by atoms with Crippen molar-refractivity contribution in [1.29, 1.82) is 5.26 Å². The Morgan fingerprint density at radius 1 is 1.62 bits per heavy atom. The summed E-state index contributed by atoms with van der Waals surface area (Å²) in [5, 5.41) is 12.0. The monoisotopic (exact) mass is 226 g/mol. The predicted octanol–water partition coefficient (Wildman–Crippen LogP) is 0.458. The summed E-state index contributed by atoms with van der Waals surface area (Å²) in [6, 6.07) is 2.05. The molecule has 0 aromatic carbocycles. The minimum Gasteiger partial charge on any atom is -0.383 e. The molecule has 90 valence electrons. The molecule has 0 bridgehead atoms. The van der Waals surface area contributed by atoms with Crippen LogP contribution >= 0.6 is 0 Å². The maximum Gasteiger partial charge on any atom is 0.240 e. The van der Waals surface area contributed by atoms with Gasteiger partial charge in [0.2, 0.25) is 5.91 Å². The van der Waals surface area contributed by atoms with Crippen molar-refractivity contribution in [2.45, 2.75) is 25.8 Å². The number of methoxy groups -OCH3 is 1. The zero-order valence-electron chi connectivity index (χ0n) is 9.78. The second-order valence-corrected chi connectivity index (χ2v) is 4.14. The third-order valence-corrected chi connectivity index (χ3v) is 2.79. The molecule has 0 saturated carbocycles. The largest absolute Gasteiger partial charge is 0.383 e. The molecule has 1 aliphatic rings. The van der Waals surface area contributed by atoms with Crippen LogP contribution in [0.5, 0.6) is 0 Å². The van der Waals surface area contributed by atoms with Gasteiger partial charge in [-0.1, -0.05) is 0 Å². The molecule has 0 spiro atoms. The Kier molecular flexibility index (Phi) is 4.71. The molecular weight excluding hydrogens is 208 g/mol. The highest BCUT2D eigenvalue weighted by molar-refractivity contribution is 5.85. The highest BCUT2D eigenvalue weighted by Gasteiger charge is 2.40. The predicted molar refractivity (Wildman–Crippen MR) is 57.6 cm³/mol. The van der Waals surface area contributed by atoms with Gasteiger partial charge in [-0.3, -0.25) is 4.79 Å². The maximum absolute atomic E-state index is 12.0. The van der Waals surface area contributed by atoms with E-state index in [0.717, 1.165) is 0 Å². The van der Waals surface area contributed by atoms with Crippen molar-refractivity contribution in [1.82, 2.24) is 5.32 Å². The summed E-state index contributed by atoms with van der Waals surface area (Å²) in [6.45, 7) is 3.24. The summed E-state index contributed by atoms with van der Waals surface area (Å²) in [6.07, 6.45) is 0.935. The average Bonchev–Trinajstić information content (AvgIpc) is 2.30. The van der Waals surface area contributed by atoms with E-state index in [1.807, 2.05) is 6.92 Å². The first-order chi connectivity index (χ1) is 7.64. The van der Waals surface area contributed by atoms with Gasteiger partial charge in [-0.05, 0) is 19.8 Å². The molecule has 5 heteroatoms. The Morgan fingerprint density at radius 2 is 2.25 bits per heavy atom. The Hall–Kier alpha value is -1.12. The fraction of sp³-hybridized carbons (Fsp3) is 0.818. The number of nitriles is 1. The first-order valence-corrected chi connectivity index (χ1v) is 5.43. The van der Waals surface area contributed by atoms with Gasteiger partial charge < -0.3 is 14.8 Å². The van der Waals surface area contributed by atoms with Crippen LogP contribution in [0.3, 0.4) is 0 Å².